The molecule has 1 aromatic heterocycles. The van der Waals surface area contributed by atoms with E-state index in [2.05, 4.69) is 45.2 Å². The number of pyridine rings is 1. The summed E-state index contributed by atoms with van der Waals surface area (Å²) in [6, 6.07) is 20.5. The topological polar surface area (TPSA) is 25.6 Å². The van der Waals surface area contributed by atoms with E-state index in [1.807, 2.05) is 74.8 Å². The number of benzene rings is 3. The van der Waals surface area contributed by atoms with Gasteiger partial charge in [-0.2, -0.15) is 4.57 Å². The molecule has 0 saturated carbocycles. The molecule has 188 valence electrons. The first-order chi connectivity index (χ1) is 18.5. The van der Waals surface area contributed by atoms with Crippen LogP contribution < -0.4 is 18.9 Å². The summed E-state index contributed by atoms with van der Waals surface area (Å²) >= 11 is 0. The van der Waals surface area contributed by atoms with E-state index >= 15 is 0 Å². The fourth-order valence-corrected chi connectivity index (χ4v) is 5.59. The molecule has 2 aliphatic carbocycles. The van der Waals surface area contributed by atoms with Crippen molar-refractivity contribution in [3.63, 3.8) is 0 Å². The maximum Gasteiger partial charge on any atom is 0.225 e. The molecule has 0 N–H and O–H groups in total. The van der Waals surface area contributed by atoms with E-state index in [0.29, 0.717) is 0 Å². The van der Waals surface area contributed by atoms with E-state index in [0.717, 1.165) is 55.8 Å². The second kappa shape index (κ2) is 9.39. The Hall–Kier alpha value is -4.56. The standard InChI is InChI=1S/C33H28FN2O2/c1-35(2)22-19-28-33(30(20-22)38-4)31(25-17-18-26(34)24-14-9-8-13-23(24)25)32-27(15-10-16-29(32)37-3)36(28)21-11-6-5-7-12-21/h5-16,19-20,23-24H,1-4H3/q+1. The van der Waals surface area contributed by atoms with Crippen LogP contribution in [0.2, 0.25) is 0 Å². The first-order valence-corrected chi connectivity index (χ1v) is 12.6. The third-order valence-corrected chi connectivity index (χ3v) is 7.37. The van der Waals surface area contributed by atoms with Crippen LogP contribution in [0, 0.1) is 11.8 Å². The number of hydrogen-bond donors (Lipinski definition) is 0. The Balaban J connectivity index is 1.89. The number of rotatable bonds is 5. The molecule has 2 unspecified atom stereocenters. The number of aromatic nitrogens is 1. The molecule has 2 atom stereocenters. The third kappa shape index (κ3) is 3.64. The molecule has 1 heterocycles. The Morgan fingerprint density at radius 1 is 0.789 bits per heavy atom. The molecule has 0 amide bonds. The second-order valence-electron chi connectivity index (χ2n) is 9.67. The molecular weight excluding hydrogens is 475 g/mol. The van der Waals surface area contributed by atoms with E-state index in [-0.39, 0.29) is 11.7 Å². The van der Waals surface area contributed by atoms with Gasteiger partial charge in [-0.25, -0.2) is 4.39 Å². The molecule has 0 bridgehead atoms. The predicted molar refractivity (Wildman–Crippen MR) is 151 cm³/mol. The molecule has 4 aromatic rings. The van der Waals surface area contributed by atoms with Crippen molar-refractivity contribution in [3.8, 4) is 17.2 Å². The Morgan fingerprint density at radius 2 is 1.50 bits per heavy atom. The van der Waals surface area contributed by atoms with Gasteiger partial charge in [-0.15, -0.1) is 0 Å². The third-order valence-electron chi connectivity index (χ3n) is 7.37. The number of anilines is 1. The van der Waals surface area contributed by atoms with Crippen molar-refractivity contribution in [2.75, 3.05) is 33.2 Å². The van der Waals surface area contributed by atoms with Gasteiger partial charge < -0.3 is 14.4 Å². The minimum atomic E-state index is -0.426. The van der Waals surface area contributed by atoms with Gasteiger partial charge >= 0.3 is 0 Å². The Bertz CT molecular complexity index is 1760. The van der Waals surface area contributed by atoms with Gasteiger partial charge in [0.1, 0.15) is 11.5 Å². The number of fused-ring (bicyclic) bond motifs is 3. The highest BCUT2D eigenvalue weighted by Gasteiger charge is 2.35. The lowest BCUT2D eigenvalue weighted by atomic mass is 9.76. The van der Waals surface area contributed by atoms with Gasteiger partial charge in [-0.3, -0.25) is 0 Å². The van der Waals surface area contributed by atoms with Gasteiger partial charge in [0.25, 0.3) is 0 Å². The van der Waals surface area contributed by atoms with E-state index in [4.69, 9.17) is 9.47 Å². The Kier molecular flexibility index (Phi) is 5.88. The predicted octanol–water partition coefficient (Wildman–Crippen LogP) is 6.72. The molecule has 0 saturated heterocycles. The monoisotopic (exact) mass is 503 g/mol. The van der Waals surface area contributed by atoms with Crippen LogP contribution in [-0.4, -0.2) is 28.3 Å². The smallest absolute Gasteiger partial charge is 0.225 e. The SMILES string of the molecule is COc1cccc2c1c(C1=C=C=C(F)C3C=CC=CC13)c1c(OC)cc(N(C)C)cc1[n+]2-c1ccccc1. The van der Waals surface area contributed by atoms with E-state index in [1.54, 1.807) is 14.2 Å². The summed E-state index contributed by atoms with van der Waals surface area (Å²) in [5.41, 5.74) is 11.7. The maximum absolute atomic E-state index is 14.9. The summed E-state index contributed by atoms with van der Waals surface area (Å²) in [5.74, 6) is 0.471. The highest BCUT2D eigenvalue weighted by molar-refractivity contribution is 6.09. The largest absolute Gasteiger partial charge is 0.496 e. The molecule has 4 nitrogen and oxygen atoms in total. The van der Waals surface area contributed by atoms with E-state index in [1.165, 1.54) is 0 Å². The number of halogens is 1. The molecule has 3 aromatic carbocycles. The molecule has 0 fully saturated rings. The molecular formula is C33H28FN2O2+. The van der Waals surface area contributed by atoms with Gasteiger partial charge in [-0.05, 0) is 11.8 Å². The first kappa shape index (κ1) is 23.8. The minimum absolute atomic E-state index is 0.233. The van der Waals surface area contributed by atoms with E-state index in [9.17, 15) is 4.39 Å². The van der Waals surface area contributed by atoms with Crippen molar-refractivity contribution in [1.82, 2.24) is 0 Å². The molecule has 5 heteroatoms. The van der Waals surface area contributed by atoms with Crippen molar-refractivity contribution >= 4 is 33.1 Å². The van der Waals surface area contributed by atoms with Crippen molar-refractivity contribution in [2.45, 2.75) is 0 Å². The minimum Gasteiger partial charge on any atom is -0.496 e. The summed E-state index contributed by atoms with van der Waals surface area (Å²) in [6.45, 7) is 0. The van der Waals surface area contributed by atoms with Crippen LogP contribution in [0.15, 0.2) is 102 Å². The fourth-order valence-electron chi connectivity index (χ4n) is 5.59. The zero-order valence-corrected chi connectivity index (χ0v) is 21.8. The zero-order chi connectivity index (χ0) is 26.4. The first-order valence-electron chi connectivity index (χ1n) is 12.6. The van der Waals surface area contributed by atoms with Gasteiger partial charge in [0.2, 0.25) is 16.7 Å². The molecule has 38 heavy (non-hydrogen) atoms. The number of methoxy groups -OCH3 is 2. The highest BCUT2D eigenvalue weighted by Crippen LogP contribution is 2.47. The van der Waals surface area contributed by atoms with E-state index < -0.39 is 5.92 Å². The van der Waals surface area contributed by atoms with Crippen LogP contribution in [0.5, 0.6) is 11.5 Å². The van der Waals surface area contributed by atoms with Gasteiger partial charge in [0, 0.05) is 73.1 Å². The van der Waals surface area contributed by atoms with Gasteiger partial charge in [-0.1, -0.05) is 54.3 Å². The number of hydrogen-bond acceptors (Lipinski definition) is 3. The maximum atomic E-state index is 14.9. The average Bonchev–Trinajstić information content (AvgIpc) is 2.96. The van der Waals surface area contributed by atoms with Crippen LogP contribution in [0.4, 0.5) is 10.1 Å². The number of nitrogens with zero attached hydrogens (tertiary/aromatic N) is 2. The fraction of sp³-hybridized carbons (Fsp3) is 0.182. The lowest BCUT2D eigenvalue weighted by Crippen LogP contribution is -2.34. The van der Waals surface area contributed by atoms with Crippen LogP contribution in [0.1, 0.15) is 5.56 Å². The van der Waals surface area contributed by atoms with Crippen LogP contribution in [0.3, 0.4) is 0 Å². The van der Waals surface area contributed by atoms with Crippen molar-refractivity contribution < 1.29 is 18.4 Å². The van der Waals surface area contributed by atoms with Gasteiger partial charge in [0.05, 0.1) is 25.0 Å². The lowest BCUT2D eigenvalue weighted by Gasteiger charge is -2.27. The summed E-state index contributed by atoms with van der Waals surface area (Å²) in [6.07, 6.45) is 7.79. The molecule has 0 radical (unpaired) electrons. The quantitative estimate of drug-likeness (QED) is 0.172. The van der Waals surface area contributed by atoms with Crippen LogP contribution in [-0.2, 0) is 0 Å². The van der Waals surface area contributed by atoms with Gasteiger partial charge in [0.15, 0.2) is 5.83 Å². The number of ether oxygens (including phenoxy) is 2. The molecule has 2 aliphatic rings. The van der Waals surface area contributed by atoms with Crippen molar-refractivity contribution in [3.05, 3.63) is 108 Å². The summed E-state index contributed by atoms with van der Waals surface area (Å²) in [7, 11) is 7.40. The van der Waals surface area contributed by atoms with Crippen LogP contribution >= 0.6 is 0 Å². The number of para-hydroxylation sites is 1. The van der Waals surface area contributed by atoms with Crippen LogP contribution in [0.25, 0.3) is 33.1 Å². The molecule has 6 rings (SSSR count). The van der Waals surface area contributed by atoms with Crippen molar-refractivity contribution in [2.24, 2.45) is 11.8 Å². The van der Waals surface area contributed by atoms with Crippen molar-refractivity contribution in [1.29, 1.82) is 0 Å². The Morgan fingerprint density at radius 3 is 2.21 bits per heavy atom. The normalized spacial score (nSPS) is 17.8. The average molecular weight is 504 g/mol. The second-order valence-corrected chi connectivity index (χ2v) is 9.67. The summed E-state index contributed by atoms with van der Waals surface area (Å²) in [4.78, 5) is 2.06. The Labute approximate surface area is 221 Å². The highest BCUT2D eigenvalue weighted by atomic mass is 19.1. The zero-order valence-electron chi connectivity index (χ0n) is 21.8. The molecule has 0 spiro atoms. The summed E-state index contributed by atoms with van der Waals surface area (Å²) in [5, 5.41) is 1.82. The lowest BCUT2D eigenvalue weighted by molar-refractivity contribution is -0.538. The number of allylic oxidation sites excluding steroid dienone is 6. The summed E-state index contributed by atoms with van der Waals surface area (Å²) < 4.78 is 29.2. The molecule has 0 aliphatic heterocycles.